The lowest BCUT2D eigenvalue weighted by molar-refractivity contribution is 0.0955. The predicted molar refractivity (Wildman–Crippen MR) is 57.5 cm³/mol. The minimum Gasteiger partial charge on any atom is -0.496 e. The molecule has 0 radical (unpaired) electrons. The van der Waals surface area contributed by atoms with E-state index in [2.05, 4.69) is 15.9 Å². The van der Waals surface area contributed by atoms with Crippen molar-refractivity contribution in [3.63, 3.8) is 0 Å². The molecule has 0 aliphatic rings. The summed E-state index contributed by atoms with van der Waals surface area (Å²) in [6, 6.07) is 5.56. The van der Waals surface area contributed by atoms with Crippen LogP contribution in [0, 0.1) is 0 Å². The number of methoxy groups -OCH3 is 1. The van der Waals surface area contributed by atoms with E-state index < -0.39 is 6.10 Å². The Hall–Kier alpha value is -0.580. The molecule has 2 N–H and O–H groups in total. The Morgan fingerprint density at radius 3 is 2.71 bits per heavy atom. The third-order valence-corrected chi connectivity index (χ3v) is 2.52. The van der Waals surface area contributed by atoms with E-state index >= 15 is 0 Å². The second-order valence-corrected chi connectivity index (χ2v) is 3.86. The number of ether oxygens (including phenoxy) is 1. The quantitative estimate of drug-likeness (QED) is 0.860. The van der Waals surface area contributed by atoms with Crippen LogP contribution in [0.5, 0.6) is 5.75 Å². The molecule has 0 aromatic heterocycles. The van der Waals surface area contributed by atoms with Gasteiger partial charge in [0.15, 0.2) is 0 Å². The molecule has 0 fully saturated rings. The number of aliphatic hydroxyl groups excluding tert-OH is 2. The normalized spacial score (nSPS) is 12.6. The number of halogens is 1. The molecule has 14 heavy (non-hydrogen) atoms. The van der Waals surface area contributed by atoms with E-state index in [9.17, 15) is 5.11 Å². The van der Waals surface area contributed by atoms with Gasteiger partial charge in [-0.25, -0.2) is 0 Å². The summed E-state index contributed by atoms with van der Waals surface area (Å²) in [5, 5.41) is 17.9. The van der Waals surface area contributed by atoms with Gasteiger partial charge < -0.3 is 14.9 Å². The topological polar surface area (TPSA) is 49.7 Å². The Morgan fingerprint density at radius 2 is 2.21 bits per heavy atom. The molecule has 1 aromatic rings. The fourth-order valence-corrected chi connectivity index (χ4v) is 1.76. The van der Waals surface area contributed by atoms with Crippen LogP contribution in [0.3, 0.4) is 0 Å². The lowest BCUT2D eigenvalue weighted by Crippen LogP contribution is -2.14. The van der Waals surface area contributed by atoms with E-state index in [1.54, 1.807) is 7.11 Å². The van der Waals surface area contributed by atoms with Gasteiger partial charge in [0, 0.05) is 6.42 Å². The average molecular weight is 261 g/mol. The number of hydrogen-bond donors (Lipinski definition) is 2. The summed E-state index contributed by atoms with van der Waals surface area (Å²) in [5.74, 6) is 0.757. The van der Waals surface area contributed by atoms with E-state index in [0.717, 1.165) is 15.8 Å². The number of hydrogen-bond acceptors (Lipinski definition) is 3. The molecule has 3 nitrogen and oxygen atoms in total. The first-order chi connectivity index (χ1) is 6.67. The van der Waals surface area contributed by atoms with Gasteiger partial charge in [0.25, 0.3) is 0 Å². The van der Waals surface area contributed by atoms with Crippen LogP contribution in [-0.4, -0.2) is 30.0 Å². The van der Waals surface area contributed by atoms with Crippen LogP contribution < -0.4 is 4.74 Å². The molecular weight excluding hydrogens is 248 g/mol. The molecule has 78 valence electrons. The van der Waals surface area contributed by atoms with Crippen molar-refractivity contribution in [2.75, 3.05) is 13.7 Å². The maximum Gasteiger partial charge on any atom is 0.133 e. The smallest absolute Gasteiger partial charge is 0.133 e. The highest BCUT2D eigenvalue weighted by atomic mass is 79.9. The maximum absolute atomic E-state index is 9.23. The maximum atomic E-state index is 9.23. The van der Waals surface area contributed by atoms with Gasteiger partial charge in [0.05, 0.1) is 24.3 Å². The minimum absolute atomic E-state index is 0.219. The standard InChI is InChI=1S/C10H13BrO3/c1-14-10-3-2-7(5-9(10)11)4-8(13)6-12/h2-3,5,8,12-13H,4,6H2,1H3. The van der Waals surface area contributed by atoms with E-state index in [1.165, 1.54) is 0 Å². The fourth-order valence-electron chi connectivity index (χ4n) is 1.17. The van der Waals surface area contributed by atoms with Gasteiger partial charge in [-0.3, -0.25) is 0 Å². The first-order valence-electron chi connectivity index (χ1n) is 4.28. The van der Waals surface area contributed by atoms with Gasteiger partial charge in [0.1, 0.15) is 5.75 Å². The van der Waals surface area contributed by atoms with Gasteiger partial charge in [-0.05, 0) is 33.6 Å². The first kappa shape index (κ1) is 11.5. The van der Waals surface area contributed by atoms with Crippen molar-refractivity contribution in [1.82, 2.24) is 0 Å². The third kappa shape index (κ3) is 2.97. The lowest BCUT2D eigenvalue weighted by Gasteiger charge is -2.09. The van der Waals surface area contributed by atoms with E-state index in [0.29, 0.717) is 6.42 Å². The molecule has 0 saturated carbocycles. The highest BCUT2D eigenvalue weighted by Crippen LogP contribution is 2.25. The average Bonchev–Trinajstić information content (AvgIpc) is 2.18. The van der Waals surface area contributed by atoms with Gasteiger partial charge >= 0.3 is 0 Å². The summed E-state index contributed by atoms with van der Waals surface area (Å²) < 4.78 is 5.92. The van der Waals surface area contributed by atoms with Crippen LogP contribution in [0.4, 0.5) is 0 Å². The highest BCUT2D eigenvalue weighted by Gasteiger charge is 2.06. The van der Waals surface area contributed by atoms with Crippen molar-refractivity contribution in [2.24, 2.45) is 0 Å². The molecule has 0 bridgehead atoms. The predicted octanol–water partition coefficient (Wildman–Crippen LogP) is 1.35. The van der Waals surface area contributed by atoms with E-state index in [4.69, 9.17) is 9.84 Å². The molecule has 1 atom stereocenters. The van der Waals surface area contributed by atoms with Crippen LogP contribution in [0.25, 0.3) is 0 Å². The van der Waals surface area contributed by atoms with Gasteiger partial charge in [0.2, 0.25) is 0 Å². The zero-order chi connectivity index (χ0) is 10.6. The molecule has 0 heterocycles. The molecule has 0 saturated heterocycles. The summed E-state index contributed by atoms with van der Waals surface area (Å²) in [6.07, 6.45) is -0.255. The Morgan fingerprint density at radius 1 is 1.50 bits per heavy atom. The summed E-state index contributed by atoms with van der Waals surface area (Å²) in [7, 11) is 1.60. The van der Waals surface area contributed by atoms with Gasteiger partial charge in [-0.2, -0.15) is 0 Å². The first-order valence-corrected chi connectivity index (χ1v) is 5.08. The van der Waals surface area contributed by atoms with Crippen molar-refractivity contribution in [3.05, 3.63) is 28.2 Å². The Labute approximate surface area is 91.5 Å². The monoisotopic (exact) mass is 260 g/mol. The molecule has 0 amide bonds. The Bertz CT molecular complexity index is 301. The van der Waals surface area contributed by atoms with Gasteiger partial charge in [-0.1, -0.05) is 6.07 Å². The van der Waals surface area contributed by atoms with Crippen molar-refractivity contribution in [1.29, 1.82) is 0 Å². The minimum atomic E-state index is -0.699. The van der Waals surface area contributed by atoms with Crippen molar-refractivity contribution in [2.45, 2.75) is 12.5 Å². The second kappa shape index (κ2) is 5.34. The number of benzene rings is 1. The van der Waals surface area contributed by atoms with Crippen LogP contribution in [0.15, 0.2) is 22.7 Å². The van der Waals surface area contributed by atoms with Crippen LogP contribution in [-0.2, 0) is 6.42 Å². The molecule has 1 unspecified atom stereocenters. The zero-order valence-corrected chi connectivity index (χ0v) is 9.49. The highest BCUT2D eigenvalue weighted by molar-refractivity contribution is 9.10. The number of rotatable bonds is 4. The summed E-state index contributed by atoms with van der Waals surface area (Å²) in [4.78, 5) is 0. The van der Waals surface area contributed by atoms with E-state index in [-0.39, 0.29) is 6.61 Å². The van der Waals surface area contributed by atoms with Gasteiger partial charge in [-0.15, -0.1) is 0 Å². The fraction of sp³-hybridized carbons (Fsp3) is 0.400. The summed E-state index contributed by atoms with van der Waals surface area (Å²) in [5.41, 5.74) is 0.958. The molecule has 1 aromatic carbocycles. The number of aliphatic hydroxyl groups is 2. The second-order valence-electron chi connectivity index (χ2n) is 3.01. The Kier molecular flexibility index (Phi) is 4.38. The van der Waals surface area contributed by atoms with Crippen LogP contribution >= 0.6 is 15.9 Å². The van der Waals surface area contributed by atoms with Crippen molar-refractivity contribution in [3.8, 4) is 5.75 Å². The van der Waals surface area contributed by atoms with Crippen molar-refractivity contribution < 1.29 is 14.9 Å². The molecule has 0 aliphatic heterocycles. The van der Waals surface area contributed by atoms with Crippen molar-refractivity contribution >= 4 is 15.9 Å². The molecule has 0 aliphatic carbocycles. The van der Waals surface area contributed by atoms with Crippen LogP contribution in [0.1, 0.15) is 5.56 Å². The summed E-state index contributed by atoms with van der Waals surface area (Å²) >= 11 is 3.35. The molecule has 0 spiro atoms. The van der Waals surface area contributed by atoms with E-state index in [1.807, 2.05) is 18.2 Å². The largest absolute Gasteiger partial charge is 0.496 e. The van der Waals surface area contributed by atoms with Crippen LogP contribution in [0.2, 0.25) is 0 Å². The third-order valence-electron chi connectivity index (χ3n) is 1.90. The summed E-state index contributed by atoms with van der Waals surface area (Å²) in [6.45, 7) is -0.219. The SMILES string of the molecule is COc1ccc(CC(O)CO)cc1Br. The molecular formula is C10H13BrO3. The Balaban J connectivity index is 2.76. The molecule has 4 heteroatoms. The zero-order valence-electron chi connectivity index (χ0n) is 7.90. The molecule has 1 rings (SSSR count). The lowest BCUT2D eigenvalue weighted by atomic mass is 10.1.